The fourth-order valence-electron chi connectivity index (χ4n) is 3.72. The molecule has 3 aromatic rings. The van der Waals surface area contributed by atoms with E-state index >= 15 is 0 Å². The molecule has 0 bridgehead atoms. The normalized spacial score (nSPS) is 14.8. The molecule has 3 heterocycles. The zero-order valence-electron chi connectivity index (χ0n) is 18.7. The van der Waals surface area contributed by atoms with E-state index in [2.05, 4.69) is 58.7 Å². The first-order valence-electron chi connectivity index (χ1n) is 11.0. The van der Waals surface area contributed by atoms with Crippen LogP contribution in [-0.4, -0.2) is 46.0 Å². The van der Waals surface area contributed by atoms with Gasteiger partial charge in [0.15, 0.2) is 0 Å². The minimum absolute atomic E-state index is 0.343. The minimum atomic E-state index is 0.343. The number of benzene rings is 1. The first kappa shape index (κ1) is 21.2. The van der Waals surface area contributed by atoms with Crippen LogP contribution in [0, 0.1) is 6.92 Å². The molecule has 0 aliphatic carbocycles. The van der Waals surface area contributed by atoms with Gasteiger partial charge in [-0.2, -0.15) is 0 Å². The van der Waals surface area contributed by atoms with Gasteiger partial charge < -0.3 is 9.64 Å². The second kappa shape index (κ2) is 9.88. The molecule has 0 amide bonds. The first-order chi connectivity index (χ1) is 15.1. The van der Waals surface area contributed by atoms with Crippen molar-refractivity contribution in [3.8, 4) is 5.75 Å². The van der Waals surface area contributed by atoms with E-state index in [1.807, 2.05) is 30.3 Å². The summed E-state index contributed by atoms with van der Waals surface area (Å²) in [6.07, 6.45) is 1.79. The maximum atomic E-state index is 5.84. The lowest BCUT2D eigenvalue weighted by Gasteiger charge is -2.35. The summed E-state index contributed by atoms with van der Waals surface area (Å²) < 4.78 is 5.84. The number of aryl methyl sites for hydroxylation is 1. The molecule has 0 saturated carbocycles. The number of rotatable bonds is 7. The van der Waals surface area contributed by atoms with E-state index < -0.39 is 0 Å². The molecule has 1 aliphatic heterocycles. The monoisotopic (exact) mass is 417 g/mol. The Morgan fingerprint density at radius 1 is 0.968 bits per heavy atom. The van der Waals surface area contributed by atoms with Gasteiger partial charge in [-0.15, -0.1) is 0 Å². The largest absolute Gasteiger partial charge is 0.487 e. The Bertz CT molecular complexity index is 967. The third kappa shape index (κ3) is 5.79. The van der Waals surface area contributed by atoms with Crippen molar-refractivity contribution >= 4 is 5.82 Å². The van der Waals surface area contributed by atoms with Crippen LogP contribution >= 0.6 is 0 Å². The standard InChI is InChI=1S/C25H31N5O/c1-19(2)25-27-20(3)16-24(28-25)30-14-12-29(13-15-30)17-21-7-9-23(10-8-21)31-18-22-6-4-5-11-26-22/h4-11,16,19H,12-15,17-18H2,1-3H3. The van der Waals surface area contributed by atoms with E-state index in [4.69, 9.17) is 9.72 Å². The molecule has 162 valence electrons. The first-order valence-corrected chi connectivity index (χ1v) is 11.0. The summed E-state index contributed by atoms with van der Waals surface area (Å²) in [4.78, 5) is 18.5. The van der Waals surface area contributed by atoms with Crippen LogP contribution in [0.25, 0.3) is 0 Å². The highest BCUT2D eigenvalue weighted by Crippen LogP contribution is 2.20. The molecule has 4 rings (SSSR count). The highest BCUT2D eigenvalue weighted by Gasteiger charge is 2.19. The van der Waals surface area contributed by atoms with Gasteiger partial charge in [-0.1, -0.05) is 32.0 Å². The summed E-state index contributed by atoms with van der Waals surface area (Å²) in [5.41, 5.74) is 3.28. The number of pyridine rings is 1. The zero-order valence-corrected chi connectivity index (χ0v) is 18.7. The highest BCUT2D eigenvalue weighted by molar-refractivity contribution is 5.40. The second-order valence-electron chi connectivity index (χ2n) is 8.40. The number of hydrogen-bond acceptors (Lipinski definition) is 6. The van der Waals surface area contributed by atoms with Crippen molar-refractivity contribution in [2.75, 3.05) is 31.1 Å². The van der Waals surface area contributed by atoms with Crippen molar-refractivity contribution in [1.29, 1.82) is 0 Å². The Kier molecular flexibility index (Phi) is 6.77. The van der Waals surface area contributed by atoms with Crippen LogP contribution in [-0.2, 0) is 13.2 Å². The van der Waals surface area contributed by atoms with E-state index in [1.165, 1.54) is 5.56 Å². The maximum absolute atomic E-state index is 5.84. The van der Waals surface area contributed by atoms with Gasteiger partial charge in [0, 0.05) is 56.6 Å². The maximum Gasteiger partial charge on any atom is 0.133 e. The average molecular weight is 418 g/mol. The smallest absolute Gasteiger partial charge is 0.133 e. The zero-order chi connectivity index (χ0) is 21.6. The number of anilines is 1. The molecule has 1 aliphatic rings. The minimum Gasteiger partial charge on any atom is -0.487 e. The van der Waals surface area contributed by atoms with Crippen molar-refractivity contribution in [3.05, 3.63) is 77.5 Å². The van der Waals surface area contributed by atoms with E-state index in [-0.39, 0.29) is 0 Å². The van der Waals surface area contributed by atoms with Crippen molar-refractivity contribution < 1.29 is 4.74 Å². The molecule has 0 radical (unpaired) electrons. The topological polar surface area (TPSA) is 54.4 Å². The van der Waals surface area contributed by atoms with Crippen LogP contribution in [0.3, 0.4) is 0 Å². The molecular formula is C25H31N5O. The van der Waals surface area contributed by atoms with Gasteiger partial charge in [0.05, 0.1) is 5.69 Å². The van der Waals surface area contributed by atoms with Gasteiger partial charge in [-0.25, -0.2) is 9.97 Å². The SMILES string of the molecule is Cc1cc(N2CCN(Cc3ccc(OCc4ccccn4)cc3)CC2)nc(C(C)C)n1. The number of nitrogens with zero attached hydrogens (tertiary/aromatic N) is 5. The highest BCUT2D eigenvalue weighted by atomic mass is 16.5. The predicted molar refractivity (Wildman–Crippen MR) is 123 cm³/mol. The van der Waals surface area contributed by atoms with Crippen LogP contribution in [0.15, 0.2) is 54.7 Å². The molecular weight excluding hydrogens is 386 g/mol. The number of ether oxygens (including phenoxy) is 1. The van der Waals surface area contributed by atoms with E-state index in [0.29, 0.717) is 12.5 Å². The lowest BCUT2D eigenvalue weighted by molar-refractivity contribution is 0.249. The summed E-state index contributed by atoms with van der Waals surface area (Å²) in [7, 11) is 0. The fourth-order valence-corrected chi connectivity index (χ4v) is 3.72. The molecule has 1 fully saturated rings. The van der Waals surface area contributed by atoms with Gasteiger partial charge in [0.2, 0.25) is 0 Å². The van der Waals surface area contributed by atoms with Gasteiger partial charge >= 0.3 is 0 Å². The van der Waals surface area contributed by atoms with Crippen molar-refractivity contribution in [2.24, 2.45) is 0 Å². The molecule has 2 aromatic heterocycles. The lowest BCUT2D eigenvalue weighted by Crippen LogP contribution is -2.46. The third-order valence-electron chi connectivity index (χ3n) is 5.51. The Morgan fingerprint density at radius 3 is 2.42 bits per heavy atom. The molecule has 0 unspecified atom stereocenters. The number of piperazine rings is 1. The average Bonchev–Trinajstić information content (AvgIpc) is 2.79. The molecule has 0 spiro atoms. The molecule has 1 aromatic carbocycles. The summed E-state index contributed by atoms with van der Waals surface area (Å²) in [5.74, 6) is 3.21. The third-order valence-corrected chi connectivity index (χ3v) is 5.51. The summed E-state index contributed by atoms with van der Waals surface area (Å²) in [5, 5.41) is 0. The second-order valence-corrected chi connectivity index (χ2v) is 8.40. The molecule has 1 saturated heterocycles. The Labute approximate surface area is 184 Å². The molecule has 0 N–H and O–H groups in total. The Hall–Kier alpha value is -2.99. The van der Waals surface area contributed by atoms with E-state index in [0.717, 1.165) is 61.5 Å². The van der Waals surface area contributed by atoms with Crippen molar-refractivity contribution in [3.63, 3.8) is 0 Å². The van der Waals surface area contributed by atoms with Gasteiger partial charge in [0.25, 0.3) is 0 Å². The van der Waals surface area contributed by atoms with Crippen LogP contribution in [0.2, 0.25) is 0 Å². The van der Waals surface area contributed by atoms with E-state index in [9.17, 15) is 0 Å². The molecule has 0 atom stereocenters. The van der Waals surface area contributed by atoms with Crippen LogP contribution in [0.4, 0.5) is 5.82 Å². The van der Waals surface area contributed by atoms with Gasteiger partial charge in [-0.05, 0) is 36.8 Å². The van der Waals surface area contributed by atoms with Gasteiger partial charge in [-0.3, -0.25) is 9.88 Å². The van der Waals surface area contributed by atoms with Crippen LogP contribution < -0.4 is 9.64 Å². The Balaban J connectivity index is 1.28. The molecule has 31 heavy (non-hydrogen) atoms. The quantitative estimate of drug-likeness (QED) is 0.574. The van der Waals surface area contributed by atoms with E-state index in [1.54, 1.807) is 6.20 Å². The van der Waals surface area contributed by atoms with Crippen molar-refractivity contribution in [2.45, 2.75) is 39.8 Å². The summed E-state index contributed by atoms with van der Waals surface area (Å²) in [6.45, 7) is 11.8. The summed E-state index contributed by atoms with van der Waals surface area (Å²) in [6, 6.07) is 16.4. The summed E-state index contributed by atoms with van der Waals surface area (Å²) >= 11 is 0. The Morgan fingerprint density at radius 2 is 1.74 bits per heavy atom. The van der Waals surface area contributed by atoms with Gasteiger partial charge in [0.1, 0.15) is 24.0 Å². The molecule has 6 nitrogen and oxygen atoms in total. The fraction of sp³-hybridized carbons (Fsp3) is 0.400. The van der Waals surface area contributed by atoms with Crippen LogP contribution in [0.1, 0.15) is 42.5 Å². The van der Waals surface area contributed by atoms with Crippen molar-refractivity contribution in [1.82, 2.24) is 19.9 Å². The lowest BCUT2D eigenvalue weighted by atomic mass is 10.2. The predicted octanol–water partition coefficient (Wildman–Crippen LogP) is 4.20. The molecule has 6 heteroatoms. The number of aromatic nitrogens is 3. The van der Waals surface area contributed by atoms with Crippen LogP contribution in [0.5, 0.6) is 5.75 Å². The number of hydrogen-bond donors (Lipinski definition) is 0.